The highest BCUT2D eigenvalue weighted by Crippen LogP contribution is 2.29. The third-order valence-electron chi connectivity index (χ3n) is 3.37. The maximum atomic E-state index is 9.31. The van der Waals surface area contributed by atoms with Gasteiger partial charge < -0.3 is 9.64 Å². The third kappa shape index (κ3) is 2.95. The van der Waals surface area contributed by atoms with Crippen molar-refractivity contribution < 1.29 is 4.74 Å². The van der Waals surface area contributed by atoms with Crippen molar-refractivity contribution in [2.45, 2.75) is 18.8 Å². The molecule has 0 saturated carbocycles. The van der Waals surface area contributed by atoms with Crippen LogP contribution in [0, 0.1) is 11.3 Å². The van der Waals surface area contributed by atoms with E-state index in [1.54, 1.807) is 7.11 Å². The molecule has 4 heteroatoms. The molecule has 0 bridgehead atoms. The van der Waals surface area contributed by atoms with E-state index in [1.165, 1.54) is 12.8 Å². The van der Waals surface area contributed by atoms with Gasteiger partial charge in [0.1, 0.15) is 5.75 Å². The Bertz CT molecular complexity index is 450. The largest absolute Gasteiger partial charge is 0.495 e. The molecule has 3 nitrogen and oxygen atoms in total. The highest BCUT2D eigenvalue weighted by molar-refractivity contribution is 6.32. The number of rotatable bonds is 4. The molecule has 1 aromatic rings. The molecule has 1 heterocycles. The number of hydrogen-bond acceptors (Lipinski definition) is 3. The van der Waals surface area contributed by atoms with Crippen LogP contribution in [-0.2, 0) is 0 Å². The zero-order valence-corrected chi connectivity index (χ0v) is 11.3. The van der Waals surface area contributed by atoms with Gasteiger partial charge in [-0.1, -0.05) is 17.7 Å². The third-order valence-corrected chi connectivity index (χ3v) is 3.67. The van der Waals surface area contributed by atoms with Crippen LogP contribution in [0.3, 0.4) is 0 Å². The Morgan fingerprint density at radius 1 is 1.44 bits per heavy atom. The molecule has 18 heavy (non-hydrogen) atoms. The first-order chi connectivity index (χ1) is 8.74. The fraction of sp³-hybridized carbons (Fsp3) is 0.500. The van der Waals surface area contributed by atoms with E-state index >= 15 is 0 Å². The summed E-state index contributed by atoms with van der Waals surface area (Å²) in [6, 6.07) is 7.96. The van der Waals surface area contributed by atoms with Crippen LogP contribution >= 0.6 is 11.6 Å². The molecule has 1 aliphatic rings. The number of nitrogens with zero attached hydrogens (tertiary/aromatic N) is 2. The predicted molar refractivity (Wildman–Crippen MR) is 72.0 cm³/mol. The van der Waals surface area contributed by atoms with Crippen LogP contribution in [0.4, 0.5) is 0 Å². The summed E-state index contributed by atoms with van der Waals surface area (Å²) in [4.78, 5) is 2.34. The number of nitriles is 1. The average molecular weight is 265 g/mol. The van der Waals surface area contributed by atoms with Crippen molar-refractivity contribution in [3.8, 4) is 11.8 Å². The van der Waals surface area contributed by atoms with E-state index in [0.717, 1.165) is 25.2 Å². The van der Waals surface area contributed by atoms with E-state index in [1.807, 2.05) is 18.2 Å². The van der Waals surface area contributed by atoms with Gasteiger partial charge in [0.05, 0.1) is 24.1 Å². The fourth-order valence-electron chi connectivity index (χ4n) is 2.34. The number of likely N-dealkylation sites (tertiary alicyclic amines) is 1. The van der Waals surface area contributed by atoms with Gasteiger partial charge in [0, 0.05) is 6.54 Å². The van der Waals surface area contributed by atoms with Crippen LogP contribution in [0.1, 0.15) is 24.3 Å². The van der Waals surface area contributed by atoms with Crippen molar-refractivity contribution in [3.05, 3.63) is 28.8 Å². The zero-order chi connectivity index (χ0) is 13.0. The van der Waals surface area contributed by atoms with E-state index in [-0.39, 0.29) is 5.92 Å². The Morgan fingerprint density at radius 2 is 2.17 bits per heavy atom. The Labute approximate surface area is 113 Å². The SMILES string of the molecule is COc1ccc(C(C#N)CN2CCCC2)cc1Cl. The summed E-state index contributed by atoms with van der Waals surface area (Å²) < 4.78 is 5.12. The number of ether oxygens (including phenoxy) is 1. The van der Waals surface area contributed by atoms with Gasteiger partial charge in [0.2, 0.25) is 0 Å². The molecule has 0 radical (unpaired) electrons. The Morgan fingerprint density at radius 3 is 2.72 bits per heavy atom. The summed E-state index contributed by atoms with van der Waals surface area (Å²) >= 11 is 6.10. The predicted octanol–water partition coefficient (Wildman–Crippen LogP) is 3.05. The maximum Gasteiger partial charge on any atom is 0.137 e. The molecule has 1 aromatic carbocycles. The van der Waals surface area contributed by atoms with E-state index in [2.05, 4.69) is 11.0 Å². The van der Waals surface area contributed by atoms with Crippen molar-refractivity contribution in [1.29, 1.82) is 5.26 Å². The lowest BCUT2D eigenvalue weighted by Crippen LogP contribution is -2.25. The van der Waals surface area contributed by atoms with Crippen molar-refractivity contribution in [3.63, 3.8) is 0 Å². The molecule has 0 spiro atoms. The van der Waals surface area contributed by atoms with Crippen LogP contribution in [0.15, 0.2) is 18.2 Å². The van der Waals surface area contributed by atoms with E-state index in [0.29, 0.717) is 10.8 Å². The second-order valence-corrected chi connectivity index (χ2v) is 4.99. The van der Waals surface area contributed by atoms with Crippen LogP contribution in [0.2, 0.25) is 5.02 Å². The van der Waals surface area contributed by atoms with Crippen molar-refractivity contribution in [1.82, 2.24) is 4.90 Å². The van der Waals surface area contributed by atoms with Gasteiger partial charge in [0.25, 0.3) is 0 Å². The number of hydrogen-bond donors (Lipinski definition) is 0. The average Bonchev–Trinajstić information content (AvgIpc) is 2.88. The molecule has 0 aromatic heterocycles. The highest BCUT2D eigenvalue weighted by atomic mass is 35.5. The summed E-state index contributed by atoms with van der Waals surface area (Å²) in [5.74, 6) is 0.532. The van der Waals surface area contributed by atoms with Gasteiger partial charge in [-0.2, -0.15) is 5.26 Å². The molecule has 0 amide bonds. The summed E-state index contributed by atoms with van der Waals surface area (Å²) in [5, 5.41) is 9.87. The molecule has 0 N–H and O–H groups in total. The quantitative estimate of drug-likeness (QED) is 0.839. The van der Waals surface area contributed by atoms with Gasteiger partial charge in [-0.3, -0.25) is 0 Å². The van der Waals surface area contributed by atoms with Crippen molar-refractivity contribution in [2.24, 2.45) is 0 Å². The van der Waals surface area contributed by atoms with E-state index < -0.39 is 0 Å². The molecular weight excluding hydrogens is 248 g/mol. The Kier molecular flexibility index (Phi) is 4.46. The van der Waals surface area contributed by atoms with Gasteiger partial charge in [0.15, 0.2) is 0 Å². The van der Waals surface area contributed by atoms with Gasteiger partial charge in [-0.15, -0.1) is 0 Å². The Balaban J connectivity index is 2.12. The van der Waals surface area contributed by atoms with E-state index in [9.17, 15) is 5.26 Å². The first-order valence-electron chi connectivity index (χ1n) is 6.20. The molecule has 1 atom stereocenters. The van der Waals surface area contributed by atoms with Crippen LogP contribution < -0.4 is 4.74 Å². The van der Waals surface area contributed by atoms with Crippen LogP contribution in [0.5, 0.6) is 5.75 Å². The lowest BCUT2D eigenvalue weighted by atomic mass is 10.00. The summed E-state index contributed by atoms with van der Waals surface area (Å²) in [5.41, 5.74) is 0.968. The molecule has 1 saturated heterocycles. The van der Waals surface area contributed by atoms with Gasteiger partial charge >= 0.3 is 0 Å². The minimum atomic E-state index is -0.119. The second kappa shape index (κ2) is 6.08. The first kappa shape index (κ1) is 13.2. The van der Waals surface area contributed by atoms with E-state index in [4.69, 9.17) is 16.3 Å². The maximum absolute atomic E-state index is 9.31. The smallest absolute Gasteiger partial charge is 0.137 e. The minimum Gasteiger partial charge on any atom is -0.495 e. The molecule has 1 fully saturated rings. The fourth-order valence-corrected chi connectivity index (χ4v) is 2.61. The molecule has 96 valence electrons. The van der Waals surface area contributed by atoms with Crippen molar-refractivity contribution >= 4 is 11.6 Å². The molecule has 2 rings (SSSR count). The minimum absolute atomic E-state index is 0.119. The lowest BCUT2D eigenvalue weighted by Gasteiger charge is -2.19. The molecule has 1 aliphatic heterocycles. The normalized spacial score (nSPS) is 17.4. The van der Waals surface area contributed by atoms with Gasteiger partial charge in [-0.25, -0.2) is 0 Å². The Hall–Kier alpha value is -1.24. The summed E-state index contributed by atoms with van der Waals surface area (Å²) in [6.45, 7) is 2.99. The number of benzene rings is 1. The molecular formula is C14H17ClN2O. The van der Waals surface area contributed by atoms with Crippen LogP contribution in [-0.4, -0.2) is 31.6 Å². The highest BCUT2D eigenvalue weighted by Gasteiger charge is 2.19. The molecule has 1 unspecified atom stereocenters. The standard InChI is InChI=1S/C14H17ClN2O/c1-18-14-5-4-11(8-13(14)15)12(9-16)10-17-6-2-3-7-17/h4-5,8,12H,2-3,6-7,10H2,1H3. The topological polar surface area (TPSA) is 36.3 Å². The second-order valence-electron chi connectivity index (χ2n) is 4.58. The molecule has 0 aliphatic carbocycles. The monoisotopic (exact) mass is 264 g/mol. The van der Waals surface area contributed by atoms with Gasteiger partial charge in [-0.05, 0) is 43.6 Å². The number of halogens is 1. The number of methoxy groups -OCH3 is 1. The zero-order valence-electron chi connectivity index (χ0n) is 10.5. The van der Waals surface area contributed by atoms with Crippen molar-refractivity contribution in [2.75, 3.05) is 26.7 Å². The van der Waals surface area contributed by atoms with Crippen LogP contribution in [0.25, 0.3) is 0 Å². The summed E-state index contributed by atoms with van der Waals surface area (Å²) in [7, 11) is 1.59. The summed E-state index contributed by atoms with van der Waals surface area (Å²) in [6.07, 6.45) is 2.48. The first-order valence-corrected chi connectivity index (χ1v) is 6.58. The lowest BCUT2D eigenvalue weighted by molar-refractivity contribution is 0.332.